The second-order valence-corrected chi connectivity index (χ2v) is 12.7. The van der Waals surface area contributed by atoms with Crippen LogP contribution in [0.3, 0.4) is 0 Å². The number of hydrogen-bond acceptors (Lipinski definition) is 4. The number of hydrogen-bond donors (Lipinski definition) is 2. The van der Waals surface area contributed by atoms with E-state index >= 15 is 0 Å². The average molecular weight is 427 g/mol. The van der Waals surface area contributed by atoms with Gasteiger partial charge in [0.1, 0.15) is 12.7 Å². The fraction of sp³-hybridized carbons (Fsp3) is 0.440. The van der Waals surface area contributed by atoms with Crippen LogP contribution in [0.1, 0.15) is 33.6 Å². The lowest BCUT2D eigenvalue weighted by molar-refractivity contribution is 0.0152. The predicted molar refractivity (Wildman–Crippen MR) is 124 cm³/mol. The number of ether oxygens (including phenoxy) is 1. The highest BCUT2D eigenvalue weighted by Crippen LogP contribution is 2.36. The molecule has 0 saturated heterocycles. The van der Waals surface area contributed by atoms with Gasteiger partial charge in [0.15, 0.2) is 0 Å². The summed E-state index contributed by atoms with van der Waals surface area (Å²) in [6.07, 6.45) is -0.134. The van der Waals surface area contributed by atoms with Gasteiger partial charge in [0, 0.05) is 13.7 Å². The molecule has 2 aromatic rings. The third-order valence-electron chi connectivity index (χ3n) is 5.31. The van der Waals surface area contributed by atoms with Gasteiger partial charge in [-0.2, -0.15) is 0 Å². The second-order valence-electron chi connectivity index (χ2n) is 8.36. The molecule has 0 fully saturated rings. The summed E-state index contributed by atoms with van der Waals surface area (Å²) in [6.45, 7) is 7.04. The molecule has 0 aliphatic heterocycles. The Morgan fingerprint density at radius 3 is 1.93 bits per heavy atom. The van der Waals surface area contributed by atoms with Crippen LogP contribution in [0.5, 0.6) is 0 Å². The molecule has 0 bridgehead atoms. The molecule has 0 spiro atoms. The van der Waals surface area contributed by atoms with E-state index < -0.39 is 20.5 Å². The molecule has 5 heteroatoms. The molecule has 0 radical (unpaired) electrons. The lowest BCUT2D eigenvalue weighted by atomic mass is 10.1. The van der Waals surface area contributed by atoms with Crippen LogP contribution in [0.4, 0.5) is 0 Å². The average Bonchev–Trinajstić information content (AvgIpc) is 2.74. The quantitative estimate of drug-likeness (QED) is 0.368. The first kappa shape index (κ1) is 24.3. The van der Waals surface area contributed by atoms with E-state index in [1.807, 2.05) is 12.1 Å². The van der Waals surface area contributed by atoms with Gasteiger partial charge in [-0.1, -0.05) is 93.3 Å². The van der Waals surface area contributed by atoms with Gasteiger partial charge in [-0.15, -0.1) is 0 Å². The molecular weight excluding hydrogens is 392 g/mol. The number of aliphatic hydroxyl groups is 2. The van der Waals surface area contributed by atoms with Crippen molar-refractivity contribution in [1.29, 1.82) is 0 Å². The Bertz CT molecular complexity index is 766. The third-order valence-corrected chi connectivity index (χ3v) is 10.3. The summed E-state index contributed by atoms with van der Waals surface area (Å²) in [5.41, 5.74) is 0. The van der Waals surface area contributed by atoms with E-state index in [2.05, 4.69) is 81.1 Å². The second kappa shape index (κ2) is 11.4. The summed E-state index contributed by atoms with van der Waals surface area (Å²) in [5, 5.41) is 21.7. The highest BCUT2D eigenvalue weighted by Gasteiger charge is 2.49. The normalized spacial score (nSPS) is 13.9. The van der Waals surface area contributed by atoms with E-state index in [1.54, 1.807) is 0 Å². The zero-order valence-corrected chi connectivity index (χ0v) is 19.5. The fourth-order valence-corrected chi connectivity index (χ4v) is 8.50. The van der Waals surface area contributed by atoms with E-state index in [0.717, 1.165) is 0 Å². The first-order valence-corrected chi connectivity index (χ1v) is 12.3. The highest BCUT2D eigenvalue weighted by molar-refractivity contribution is 6.99. The minimum absolute atomic E-state index is 0.0734. The zero-order valence-electron chi connectivity index (χ0n) is 18.5. The minimum atomic E-state index is -2.55. The van der Waals surface area contributed by atoms with Gasteiger partial charge in [0.25, 0.3) is 8.32 Å². The van der Waals surface area contributed by atoms with Gasteiger partial charge in [0.2, 0.25) is 0 Å². The van der Waals surface area contributed by atoms with Crippen LogP contribution < -0.4 is 10.4 Å². The van der Waals surface area contributed by atoms with Gasteiger partial charge in [0.05, 0.1) is 6.10 Å². The Hall–Kier alpha value is -1.94. The Labute approximate surface area is 182 Å². The van der Waals surface area contributed by atoms with Crippen molar-refractivity contribution in [1.82, 2.24) is 0 Å². The maximum absolute atomic E-state index is 10.4. The Kier molecular flexibility index (Phi) is 9.28. The molecule has 0 aliphatic carbocycles. The Balaban J connectivity index is 2.23. The highest BCUT2D eigenvalue weighted by atomic mass is 28.4. The van der Waals surface area contributed by atoms with Crippen LogP contribution in [0.15, 0.2) is 60.7 Å². The molecule has 0 heterocycles. The summed E-state index contributed by atoms with van der Waals surface area (Å²) in [6, 6.07) is 21.0. The topological polar surface area (TPSA) is 58.9 Å². The largest absolute Gasteiger partial charge is 0.407 e. The van der Waals surface area contributed by atoms with Crippen molar-refractivity contribution in [3.8, 4) is 11.8 Å². The lowest BCUT2D eigenvalue weighted by Crippen LogP contribution is -2.66. The Morgan fingerprint density at radius 2 is 1.50 bits per heavy atom. The lowest BCUT2D eigenvalue weighted by Gasteiger charge is -2.43. The van der Waals surface area contributed by atoms with Gasteiger partial charge in [-0.3, -0.25) is 0 Å². The summed E-state index contributed by atoms with van der Waals surface area (Å²) in [7, 11) is -1.04. The van der Waals surface area contributed by atoms with Gasteiger partial charge >= 0.3 is 0 Å². The minimum Gasteiger partial charge on any atom is -0.407 e. The molecule has 2 aromatic carbocycles. The maximum atomic E-state index is 10.4. The summed E-state index contributed by atoms with van der Waals surface area (Å²) >= 11 is 0. The molecule has 0 aromatic heterocycles. The maximum Gasteiger partial charge on any atom is 0.261 e. The van der Waals surface area contributed by atoms with Gasteiger partial charge < -0.3 is 19.4 Å². The first-order valence-electron chi connectivity index (χ1n) is 10.4. The van der Waals surface area contributed by atoms with Crippen molar-refractivity contribution in [3.05, 3.63) is 60.7 Å². The fourth-order valence-electron chi connectivity index (χ4n) is 3.89. The van der Waals surface area contributed by atoms with Crippen LogP contribution in [0, 0.1) is 11.8 Å². The van der Waals surface area contributed by atoms with E-state index in [1.165, 1.54) is 17.5 Å². The number of rotatable bonds is 9. The molecule has 0 aliphatic rings. The SMILES string of the molecule is CO[C@@H](C#CCO)[C@@H](O)CCCO[Si](c1ccccc1)(c1ccccc1)C(C)(C)C. The first-order chi connectivity index (χ1) is 14.4. The van der Waals surface area contributed by atoms with Gasteiger partial charge in [-0.05, 0) is 28.3 Å². The van der Waals surface area contributed by atoms with Crippen LogP contribution in [0.25, 0.3) is 0 Å². The monoisotopic (exact) mass is 426 g/mol. The molecule has 0 saturated carbocycles. The molecule has 0 unspecified atom stereocenters. The van der Waals surface area contributed by atoms with E-state index in [9.17, 15) is 5.11 Å². The molecule has 4 nitrogen and oxygen atoms in total. The van der Waals surface area contributed by atoms with E-state index in [0.29, 0.717) is 19.4 Å². The van der Waals surface area contributed by atoms with Crippen molar-refractivity contribution in [2.24, 2.45) is 0 Å². The summed E-state index contributed by atoms with van der Waals surface area (Å²) in [4.78, 5) is 0. The zero-order chi connectivity index (χ0) is 22.0. The number of benzene rings is 2. The van der Waals surface area contributed by atoms with Crippen molar-refractivity contribution in [3.63, 3.8) is 0 Å². The third kappa shape index (κ3) is 5.81. The predicted octanol–water partition coefficient (Wildman–Crippen LogP) is 2.71. The molecule has 2 rings (SSSR count). The molecular formula is C25H34O4Si. The van der Waals surface area contributed by atoms with E-state index in [-0.39, 0.29) is 11.6 Å². The van der Waals surface area contributed by atoms with Crippen molar-refractivity contribution < 1.29 is 19.4 Å². The van der Waals surface area contributed by atoms with Crippen molar-refractivity contribution >= 4 is 18.7 Å². The molecule has 30 heavy (non-hydrogen) atoms. The van der Waals surface area contributed by atoms with Crippen LogP contribution in [-0.4, -0.2) is 51.1 Å². The molecule has 0 amide bonds. The number of methoxy groups -OCH3 is 1. The van der Waals surface area contributed by atoms with Crippen LogP contribution >= 0.6 is 0 Å². The Morgan fingerprint density at radius 1 is 0.967 bits per heavy atom. The van der Waals surface area contributed by atoms with E-state index in [4.69, 9.17) is 14.3 Å². The smallest absolute Gasteiger partial charge is 0.261 e. The number of aliphatic hydroxyl groups excluding tert-OH is 2. The van der Waals surface area contributed by atoms with Crippen molar-refractivity contribution in [2.75, 3.05) is 20.3 Å². The van der Waals surface area contributed by atoms with Crippen LogP contribution in [0.2, 0.25) is 5.04 Å². The van der Waals surface area contributed by atoms with Crippen LogP contribution in [-0.2, 0) is 9.16 Å². The summed E-state index contributed by atoms with van der Waals surface area (Å²) < 4.78 is 12.1. The molecule has 2 atom stereocenters. The molecule has 2 N–H and O–H groups in total. The van der Waals surface area contributed by atoms with Gasteiger partial charge in [-0.25, -0.2) is 0 Å². The molecule has 162 valence electrons. The van der Waals surface area contributed by atoms with Crippen molar-refractivity contribution in [2.45, 2.75) is 50.9 Å². The standard InChI is InChI=1S/C25H34O4Si/c1-25(2,3)30(21-13-7-5-8-14-21,22-15-9-6-10-16-22)29-20-12-17-23(27)24(28-4)18-11-19-26/h5-10,13-16,23-24,26-27H,12,17,19-20H2,1-4H3/t23-,24-/m0/s1. The summed E-state index contributed by atoms with van der Waals surface area (Å²) in [5.74, 6) is 5.30.